The van der Waals surface area contributed by atoms with Crippen molar-refractivity contribution in [2.75, 3.05) is 5.75 Å². The van der Waals surface area contributed by atoms with E-state index in [1.807, 2.05) is 43.3 Å². The molecule has 2 aliphatic rings. The van der Waals surface area contributed by atoms with E-state index in [1.165, 1.54) is 0 Å². The number of thioether (sulfide) groups is 1. The molecule has 2 aliphatic heterocycles. The zero-order chi connectivity index (χ0) is 17.4. The van der Waals surface area contributed by atoms with Crippen LogP contribution in [0.25, 0.3) is 11.3 Å². The maximum atomic E-state index is 12.5. The topological polar surface area (TPSA) is 75.4 Å². The summed E-state index contributed by atoms with van der Waals surface area (Å²) in [4.78, 5) is 26.2. The van der Waals surface area contributed by atoms with Crippen molar-refractivity contribution in [3.63, 3.8) is 0 Å². The van der Waals surface area contributed by atoms with Gasteiger partial charge in [0.15, 0.2) is 5.76 Å². The number of benzene rings is 1. The van der Waals surface area contributed by atoms with Gasteiger partial charge in [0.2, 0.25) is 11.8 Å². The Hall–Kier alpha value is -2.28. The molecule has 1 N–H and O–H groups in total. The Balaban J connectivity index is 1.40. The lowest BCUT2D eigenvalue weighted by molar-refractivity contribution is -0.138. The molecule has 1 aromatic carbocycles. The molecule has 2 fully saturated rings. The standard InChI is InChI=1S/C18H19N3O3S/c1-18-8-7-16(22)21(18)14(11-25-18)17(23)19-10-13-9-15(24-20-13)12-5-3-2-4-6-12/h2-6,9,14H,7-8,10-11H2,1H3,(H,19,23)/t14-,18+/m1/s1. The number of hydrogen-bond acceptors (Lipinski definition) is 5. The van der Waals surface area contributed by atoms with E-state index in [0.717, 1.165) is 12.0 Å². The Kier molecular flexibility index (Phi) is 4.03. The molecule has 7 heteroatoms. The molecule has 25 heavy (non-hydrogen) atoms. The van der Waals surface area contributed by atoms with Crippen LogP contribution in [0.4, 0.5) is 0 Å². The second-order valence-corrected chi connectivity index (χ2v) is 8.03. The van der Waals surface area contributed by atoms with Crippen LogP contribution in [0.3, 0.4) is 0 Å². The van der Waals surface area contributed by atoms with Crippen LogP contribution < -0.4 is 5.32 Å². The molecule has 2 saturated heterocycles. The summed E-state index contributed by atoms with van der Waals surface area (Å²) in [5, 5.41) is 6.90. The van der Waals surface area contributed by atoms with Crippen molar-refractivity contribution in [1.29, 1.82) is 0 Å². The van der Waals surface area contributed by atoms with Gasteiger partial charge >= 0.3 is 0 Å². The summed E-state index contributed by atoms with van der Waals surface area (Å²) < 4.78 is 5.34. The van der Waals surface area contributed by atoms with E-state index in [1.54, 1.807) is 16.7 Å². The molecule has 0 radical (unpaired) electrons. The third kappa shape index (κ3) is 2.93. The zero-order valence-corrected chi connectivity index (χ0v) is 14.7. The molecule has 4 rings (SSSR count). The van der Waals surface area contributed by atoms with Gasteiger partial charge in [0, 0.05) is 23.8 Å². The quantitative estimate of drug-likeness (QED) is 0.909. The Bertz CT molecular complexity index is 807. The number of nitrogens with zero attached hydrogens (tertiary/aromatic N) is 2. The molecule has 130 valence electrons. The van der Waals surface area contributed by atoms with E-state index >= 15 is 0 Å². The normalized spacial score (nSPS) is 25.2. The summed E-state index contributed by atoms with van der Waals surface area (Å²) in [5.74, 6) is 1.25. The van der Waals surface area contributed by atoms with Crippen LogP contribution in [-0.2, 0) is 16.1 Å². The molecule has 0 bridgehead atoms. The first-order valence-corrected chi connectivity index (χ1v) is 9.30. The summed E-state index contributed by atoms with van der Waals surface area (Å²) in [6, 6.07) is 11.1. The number of nitrogens with one attached hydrogen (secondary N) is 1. The first-order valence-electron chi connectivity index (χ1n) is 8.32. The van der Waals surface area contributed by atoms with Crippen molar-refractivity contribution in [1.82, 2.24) is 15.4 Å². The Morgan fingerprint density at radius 2 is 2.24 bits per heavy atom. The lowest BCUT2D eigenvalue weighted by Crippen LogP contribution is -2.49. The van der Waals surface area contributed by atoms with Gasteiger partial charge in [-0.2, -0.15) is 0 Å². The van der Waals surface area contributed by atoms with Gasteiger partial charge in [-0.15, -0.1) is 11.8 Å². The largest absolute Gasteiger partial charge is 0.356 e. The molecule has 2 amide bonds. The van der Waals surface area contributed by atoms with Crippen LogP contribution in [0.2, 0.25) is 0 Å². The number of carbonyl (C=O) groups excluding carboxylic acids is 2. The Morgan fingerprint density at radius 1 is 1.44 bits per heavy atom. The minimum absolute atomic E-state index is 0.0699. The summed E-state index contributed by atoms with van der Waals surface area (Å²) in [5.41, 5.74) is 1.60. The van der Waals surface area contributed by atoms with E-state index in [0.29, 0.717) is 23.6 Å². The van der Waals surface area contributed by atoms with E-state index < -0.39 is 6.04 Å². The molecular formula is C18H19N3O3S. The van der Waals surface area contributed by atoms with Gasteiger partial charge in [-0.1, -0.05) is 35.5 Å². The third-order valence-corrected chi connectivity index (χ3v) is 6.31. The maximum Gasteiger partial charge on any atom is 0.244 e. The van der Waals surface area contributed by atoms with Crippen molar-refractivity contribution < 1.29 is 14.1 Å². The highest BCUT2D eigenvalue weighted by molar-refractivity contribution is 8.01. The number of fused-ring (bicyclic) bond motifs is 1. The number of carbonyl (C=O) groups is 2. The van der Waals surface area contributed by atoms with E-state index in [-0.39, 0.29) is 23.2 Å². The Labute approximate surface area is 149 Å². The molecule has 0 saturated carbocycles. The van der Waals surface area contributed by atoms with Gasteiger partial charge in [-0.25, -0.2) is 0 Å². The maximum absolute atomic E-state index is 12.5. The predicted molar refractivity (Wildman–Crippen MR) is 94.5 cm³/mol. The predicted octanol–water partition coefficient (Wildman–Crippen LogP) is 2.41. The minimum atomic E-state index is -0.398. The van der Waals surface area contributed by atoms with Crippen LogP contribution in [0.15, 0.2) is 40.9 Å². The molecular weight excluding hydrogens is 338 g/mol. The van der Waals surface area contributed by atoms with Gasteiger partial charge in [-0.05, 0) is 13.3 Å². The summed E-state index contributed by atoms with van der Waals surface area (Å²) in [6.07, 6.45) is 1.33. The monoisotopic (exact) mass is 357 g/mol. The first kappa shape index (κ1) is 16.2. The average molecular weight is 357 g/mol. The van der Waals surface area contributed by atoms with Crippen molar-refractivity contribution in [2.24, 2.45) is 0 Å². The third-order valence-electron chi connectivity index (χ3n) is 4.81. The Morgan fingerprint density at radius 3 is 3.04 bits per heavy atom. The van der Waals surface area contributed by atoms with Crippen molar-refractivity contribution in [3.05, 3.63) is 42.1 Å². The number of hydrogen-bond donors (Lipinski definition) is 1. The van der Waals surface area contributed by atoms with Gasteiger partial charge in [0.05, 0.1) is 11.4 Å². The van der Waals surface area contributed by atoms with Gasteiger partial charge in [0.1, 0.15) is 11.7 Å². The second kappa shape index (κ2) is 6.22. The lowest BCUT2D eigenvalue weighted by Gasteiger charge is -2.29. The highest BCUT2D eigenvalue weighted by Gasteiger charge is 2.52. The SMILES string of the molecule is C[C@]12CCC(=O)N1[C@@H](C(=O)NCc1cc(-c3ccccc3)on1)CS2. The first-order chi connectivity index (χ1) is 12.1. The highest BCUT2D eigenvalue weighted by atomic mass is 32.2. The zero-order valence-electron chi connectivity index (χ0n) is 13.9. The second-order valence-electron chi connectivity index (χ2n) is 6.53. The van der Waals surface area contributed by atoms with Crippen molar-refractivity contribution in [2.45, 2.75) is 37.2 Å². The average Bonchev–Trinajstić information content (AvgIpc) is 3.30. The molecule has 0 unspecified atom stereocenters. The fraction of sp³-hybridized carbons (Fsp3) is 0.389. The summed E-state index contributed by atoms with van der Waals surface area (Å²) in [6.45, 7) is 2.33. The highest BCUT2D eigenvalue weighted by Crippen LogP contribution is 2.47. The summed E-state index contributed by atoms with van der Waals surface area (Å²) in [7, 11) is 0. The van der Waals surface area contributed by atoms with Crippen LogP contribution in [0.1, 0.15) is 25.5 Å². The van der Waals surface area contributed by atoms with Crippen LogP contribution in [-0.4, -0.2) is 38.5 Å². The molecule has 2 atom stereocenters. The fourth-order valence-electron chi connectivity index (χ4n) is 3.44. The van der Waals surface area contributed by atoms with Crippen LogP contribution >= 0.6 is 11.8 Å². The van der Waals surface area contributed by atoms with Crippen LogP contribution in [0.5, 0.6) is 0 Å². The number of aromatic nitrogens is 1. The van der Waals surface area contributed by atoms with Crippen LogP contribution in [0, 0.1) is 0 Å². The van der Waals surface area contributed by atoms with Gasteiger partial charge in [0.25, 0.3) is 0 Å². The molecule has 3 heterocycles. The van der Waals surface area contributed by atoms with E-state index in [4.69, 9.17) is 4.52 Å². The van der Waals surface area contributed by atoms with E-state index in [2.05, 4.69) is 10.5 Å². The molecule has 0 aliphatic carbocycles. The van der Waals surface area contributed by atoms with Crippen molar-refractivity contribution in [3.8, 4) is 11.3 Å². The van der Waals surface area contributed by atoms with Gasteiger partial charge < -0.3 is 14.7 Å². The van der Waals surface area contributed by atoms with Gasteiger partial charge in [-0.3, -0.25) is 9.59 Å². The van der Waals surface area contributed by atoms with E-state index in [9.17, 15) is 9.59 Å². The van der Waals surface area contributed by atoms with Crippen molar-refractivity contribution >= 4 is 23.6 Å². The summed E-state index contributed by atoms with van der Waals surface area (Å²) >= 11 is 1.69. The number of rotatable bonds is 4. The fourth-order valence-corrected chi connectivity index (χ4v) is 4.88. The minimum Gasteiger partial charge on any atom is -0.356 e. The number of amides is 2. The smallest absolute Gasteiger partial charge is 0.244 e. The molecule has 2 aromatic rings. The lowest BCUT2D eigenvalue weighted by atomic mass is 10.1. The molecule has 1 aromatic heterocycles. The molecule has 0 spiro atoms. The molecule has 6 nitrogen and oxygen atoms in total.